The van der Waals surface area contributed by atoms with Gasteiger partial charge in [0.25, 0.3) is 10.0 Å². The Morgan fingerprint density at radius 3 is 2.11 bits per heavy atom. The maximum Gasteiger partial charge on any atom is 0.328 e. The van der Waals surface area contributed by atoms with Crippen LogP contribution < -0.4 is 34.1 Å². The molecule has 0 radical (unpaired) electrons. The number of hydrogen-bond acceptors (Lipinski definition) is 10. The van der Waals surface area contributed by atoms with Gasteiger partial charge in [0.1, 0.15) is 17.2 Å². The lowest BCUT2D eigenvalue weighted by atomic mass is 10.1. The Morgan fingerprint density at radius 1 is 0.830 bits per heavy atom. The monoisotopic (exact) mass is 670 g/mol. The molecule has 0 aliphatic carbocycles. The zero-order valence-corrected chi connectivity index (χ0v) is 28.1. The van der Waals surface area contributed by atoms with Crippen molar-refractivity contribution in [2.24, 2.45) is 14.1 Å². The van der Waals surface area contributed by atoms with E-state index in [1.807, 2.05) is 6.92 Å². The van der Waals surface area contributed by atoms with Crippen molar-refractivity contribution in [3.05, 3.63) is 59.0 Å². The van der Waals surface area contributed by atoms with Gasteiger partial charge < -0.3 is 28.8 Å². The average molecular weight is 671 g/mol. The summed E-state index contributed by atoms with van der Waals surface area (Å²) < 4.78 is 61.7. The summed E-state index contributed by atoms with van der Waals surface area (Å²) in [7, 11) is 1.99. The molecule has 0 saturated carbocycles. The Labute approximate surface area is 274 Å². The van der Waals surface area contributed by atoms with Crippen LogP contribution in [0.1, 0.15) is 26.2 Å². The summed E-state index contributed by atoms with van der Waals surface area (Å²) in [6.45, 7) is 5.30. The van der Waals surface area contributed by atoms with E-state index in [2.05, 4.69) is 9.62 Å². The Balaban J connectivity index is 1.45. The molecule has 0 amide bonds. The minimum absolute atomic E-state index is 0.0564. The molecule has 0 atom stereocenters. The number of sulfonamides is 1. The molecule has 0 spiro atoms. The summed E-state index contributed by atoms with van der Waals surface area (Å²) >= 11 is 0. The Morgan fingerprint density at radius 2 is 1.47 bits per heavy atom. The van der Waals surface area contributed by atoms with Crippen molar-refractivity contribution in [2.75, 3.05) is 51.8 Å². The van der Waals surface area contributed by atoms with Crippen molar-refractivity contribution in [1.82, 2.24) is 14.0 Å². The molecule has 47 heavy (non-hydrogen) atoms. The average Bonchev–Trinajstić information content (AvgIpc) is 3.24. The summed E-state index contributed by atoms with van der Waals surface area (Å²) in [4.78, 5) is 14.9. The first kappa shape index (κ1) is 33.9. The molecular weight excluding hydrogens is 628 g/mol. The number of aliphatic hydroxyl groups is 1. The molecule has 0 bridgehead atoms. The van der Waals surface area contributed by atoms with Crippen molar-refractivity contribution in [3.63, 3.8) is 0 Å². The van der Waals surface area contributed by atoms with Gasteiger partial charge in [0.05, 0.1) is 55.2 Å². The number of anilines is 1. The highest BCUT2D eigenvalue weighted by Crippen LogP contribution is 2.38. The van der Waals surface area contributed by atoms with E-state index >= 15 is 0 Å². The van der Waals surface area contributed by atoms with Gasteiger partial charge in [-0.1, -0.05) is 6.92 Å². The molecule has 4 aromatic rings. The molecular formula is C33H42N4O9S. The molecule has 1 aliphatic heterocycles. The number of imidazole rings is 1. The van der Waals surface area contributed by atoms with Crippen molar-refractivity contribution < 1.29 is 37.2 Å². The number of fused-ring (bicyclic) bond motifs is 1. The van der Waals surface area contributed by atoms with Crippen LogP contribution in [-0.2, 0) is 24.1 Å². The fourth-order valence-electron chi connectivity index (χ4n) is 5.35. The van der Waals surface area contributed by atoms with Crippen LogP contribution in [0.4, 0.5) is 5.69 Å². The van der Waals surface area contributed by atoms with E-state index < -0.39 is 10.0 Å². The van der Waals surface area contributed by atoms with Crippen LogP contribution >= 0.6 is 0 Å². The van der Waals surface area contributed by atoms with Gasteiger partial charge in [-0.3, -0.25) is 18.8 Å². The third-order valence-corrected chi connectivity index (χ3v) is 9.28. The summed E-state index contributed by atoms with van der Waals surface area (Å²) in [5.41, 5.74) is 0.895. The number of β-amino-alcohol motifs (C(OH)–C–C–N with tert-alkyl or cyclic N) is 1. The lowest BCUT2D eigenvalue weighted by molar-refractivity contribution is 0.00113. The number of benzene rings is 3. The van der Waals surface area contributed by atoms with Crippen LogP contribution in [0, 0.1) is 0 Å². The number of nitrogens with zero attached hydrogens (tertiary/aromatic N) is 3. The van der Waals surface area contributed by atoms with Crippen LogP contribution in [0.25, 0.3) is 11.0 Å². The third kappa shape index (κ3) is 7.77. The second-order valence-electron chi connectivity index (χ2n) is 11.4. The van der Waals surface area contributed by atoms with E-state index in [0.717, 1.165) is 25.8 Å². The molecule has 1 fully saturated rings. The molecule has 13 nitrogen and oxygen atoms in total. The normalized spacial score (nSPS) is 13.7. The number of aryl methyl sites for hydroxylation is 2. The molecule has 1 aliphatic rings. The van der Waals surface area contributed by atoms with Crippen LogP contribution in [-0.4, -0.2) is 80.7 Å². The van der Waals surface area contributed by atoms with Gasteiger partial charge in [-0.25, -0.2) is 13.2 Å². The third-order valence-electron chi connectivity index (χ3n) is 7.91. The van der Waals surface area contributed by atoms with Crippen molar-refractivity contribution >= 4 is 26.7 Å². The topological polar surface area (TPSA) is 143 Å². The zero-order chi connectivity index (χ0) is 33.7. The number of aliphatic hydroxyl groups excluding tert-OH is 1. The molecule has 3 aromatic carbocycles. The summed E-state index contributed by atoms with van der Waals surface area (Å²) in [5.74, 6) is 2.23. The molecule has 1 saturated heterocycles. The SMILES string of the molecule is CCCOc1cc(OCCCCN2CC(O)C2)cc(Oc2cc3c(cc2NS(=O)(=O)c2ccc(OC)c(OC)c2)n(C)c(=O)n3C)c1. The minimum atomic E-state index is -4.15. The molecule has 0 unspecified atom stereocenters. The first-order chi connectivity index (χ1) is 22.5. The molecule has 14 heteroatoms. The highest BCUT2D eigenvalue weighted by atomic mass is 32.2. The quantitative estimate of drug-likeness (QED) is 0.167. The van der Waals surface area contributed by atoms with Crippen molar-refractivity contribution in [2.45, 2.75) is 37.2 Å². The number of unbranched alkanes of at least 4 members (excludes halogenated alkanes) is 1. The smallest absolute Gasteiger partial charge is 0.328 e. The maximum absolute atomic E-state index is 13.7. The summed E-state index contributed by atoms with van der Waals surface area (Å²) in [5, 5.41) is 9.48. The lowest BCUT2D eigenvalue weighted by Gasteiger charge is -2.35. The number of nitrogens with one attached hydrogen (secondary N) is 1. The summed E-state index contributed by atoms with van der Waals surface area (Å²) in [6, 6.07) is 12.7. The van der Waals surface area contributed by atoms with Gasteiger partial charge >= 0.3 is 5.69 Å². The van der Waals surface area contributed by atoms with Crippen molar-refractivity contribution in [3.8, 4) is 34.5 Å². The van der Waals surface area contributed by atoms with Crippen LogP contribution in [0.2, 0.25) is 0 Å². The number of methoxy groups -OCH3 is 2. The van der Waals surface area contributed by atoms with Gasteiger partial charge in [-0.15, -0.1) is 0 Å². The van der Waals surface area contributed by atoms with E-state index in [0.29, 0.717) is 60.3 Å². The van der Waals surface area contributed by atoms with E-state index in [1.54, 1.807) is 44.4 Å². The number of aromatic nitrogens is 2. The van der Waals surface area contributed by atoms with E-state index in [9.17, 15) is 18.3 Å². The zero-order valence-electron chi connectivity index (χ0n) is 27.3. The van der Waals surface area contributed by atoms with Crippen LogP contribution in [0.5, 0.6) is 34.5 Å². The van der Waals surface area contributed by atoms with Gasteiger partial charge in [-0.2, -0.15) is 0 Å². The number of ether oxygens (including phenoxy) is 5. The van der Waals surface area contributed by atoms with E-state index in [4.69, 9.17) is 23.7 Å². The predicted molar refractivity (Wildman–Crippen MR) is 178 cm³/mol. The van der Waals surface area contributed by atoms with Gasteiger partial charge in [-0.05, 0) is 44.0 Å². The standard InChI is InChI=1S/C33H42N4O9S/c1-6-12-44-23-14-24(45-13-8-7-11-37-20-22(38)21-37)16-25(15-23)46-31-19-29-28(35(2)33(39)36(29)3)18-27(31)34-47(40,41)26-9-10-30(42-4)32(17-26)43-5/h9-10,14-19,22,34,38H,6-8,11-13,20-21H2,1-5H3. The highest BCUT2D eigenvalue weighted by Gasteiger charge is 2.24. The van der Waals surface area contributed by atoms with E-state index in [-0.39, 0.29) is 33.9 Å². The summed E-state index contributed by atoms with van der Waals surface area (Å²) in [6.07, 6.45) is 2.34. The molecule has 1 aromatic heterocycles. The fraction of sp³-hybridized carbons (Fsp3) is 0.424. The van der Waals surface area contributed by atoms with Crippen LogP contribution in [0.3, 0.4) is 0 Å². The van der Waals surface area contributed by atoms with Crippen LogP contribution in [0.15, 0.2) is 58.2 Å². The minimum Gasteiger partial charge on any atom is -0.493 e. The molecule has 2 N–H and O–H groups in total. The first-order valence-corrected chi connectivity index (χ1v) is 16.9. The number of likely N-dealkylation sites (tertiary alicyclic amines) is 1. The second-order valence-corrected chi connectivity index (χ2v) is 13.1. The van der Waals surface area contributed by atoms with Gasteiger partial charge in [0, 0.05) is 57.5 Å². The molecule has 2 heterocycles. The number of rotatable bonds is 16. The lowest BCUT2D eigenvalue weighted by Crippen LogP contribution is -2.50. The molecule has 5 rings (SSSR count). The maximum atomic E-state index is 13.7. The van der Waals surface area contributed by atoms with Crippen molar-refractivity contribution in [1.29, 1.82) is 0 Å². The number of hydrogen-bond donors (Lipinski definition) is 2. The second kappa shape index (κ2) is 14.6. The Hall–Kier alpha value is -4.40. The Kier molecular flexibility index (Phi) is 10.5. The fourth-order valence-corrected chi connectivity index (χ4v) is 6.42. The Bertz CT molecular complexity index is 1880. The highest BCUT2D eigenvalue weighted by molar-refractivity contribution is 7.92. The largest absolute Gasteiger partial charge is 0.493 e. The molecule has 254 valence electrons. The van der Waals surface area contributed by atoms with Gasteiger partial charge in [0.2, 0.25) is 0 Å². The predicted octanol–water partition coefficient (Wildman–Crippen LogP) is 4.11. The van der Waals surface area contributed by atoms with E-state index in [1.165, 1.54) is 41.6 Å². The first-order valence-electron chi connectivity index (χ1n) is 15.5. The van der Waals surface area contributed by atoms with Gasteiger partial charge in [0.15, 0.2) is 17.2 Å².